The van der Waals surface area contributed by atoms with Crippen molar-refractivity contribution in [2.24, 2.45) is 0 Å². The van der Waals surface area contributed by atoms with E-state index in [1.807, 2.05) is 0 Å². The van der Waals surface area contributed by atoms with Crippen LogP contribution in [0.4, 0.5) is 0 Å². The van der Waals surface area contributed by atoms with Gasteiger partial charge in [0.15, 0.2) is 10.3 Å². The van der Waals surface area contributed by atoms with Gasteiger partial charge in [-0.2, -0.15) is 0 Å². The number of aliphatic hydroxyl groups excluding tert-OH is 1. The lowest BCUT2D eigenvalue weighted by molar-refractivity contribution is -0.127. The molecule has 1 aromatic rings. The van der Waals surface area contributed by atoms with Gasteiger partial charge >= 0.3 is 0 Å². The Morgan fingerprint density at radius 1 is 1.47 bits per heavy atom. The van der Waals surface area contributed by atoms with E-state index in [0.29, 0.717) is 4.47 Å². The standard InChI is InChI=1S/C6H8ClNOS.C3H8O2/c7-6-8-4-5(10-6)2-1-3-9;1-3(2,4)5/h4,9H,1-3H2;4-5H,1-2H3. The van der Waals surface area contributed by atoms with Gasteiger partial charge in [0.1, 0.15) is 0 Å². The molecular formula is C9H16ClNO3S. The van der Waals surface area contributed by atoms with E-state index in [0.717, 1.165) is 17.7 Å². The molecule has 88 valence electrons. The minimum Gasteiger partial charge on any atom is -0.396 e. The van der Waals surface area contributed by atoms with Gasteiger partial charge in [0, 0.05) is 17.7 Å². The number of halogens is 1. The number of aromatic nitrogens is 1. The van der Waals surface area contributed by atoms with Gasteiger partial charge in [0.05, 0.1) is 0 Å². The quantitative estimate of drug-likeness (QED) is 0.713. The third kappa shape index (κ3) is 11.7. The number of hydrogen-bond acceptors (Lipinski definition) is 5. The predicted octanol–water partition coefficient (Wildman–Crippen LogP) is 1.43. The maximum Gasteiger partial charge on any atom is 0.183 e. The molecular weight excluding hydrogens is 238 g/mol. The summed E-state index contributed by atoms with van der Waals surface area (Å²) in [6.07, 6.45) is 3.42. The van der Waals surface area contributed by atoms with E-state index in [4.69, 9.17) is 26.9 Å². The van der Waals surface area contributed by atoms with E-state index in [1.165, 1.54) is 25.2 Å². The molecule has 0 aliphatic carbocycles. The lowest BCUT2D eigenvalue weighted by atomic mass is 10.3. The van der Waals surface area contributed by atoms with Crippen molar-refractivity contribution in [2.75, 3.05) is 6.61 Å². The molecule has 3 N–H and O–H groups in total. The normalized spacial score (nSPS) is 10.8. The third-order valence-electron chi connectivity index (χ3n) is 1.11. The highest BCUT2D eigenvalue weighted by Gasteiger charge is 2.00. The first-order chi connectivity index (χ1) is 6.83. The first kappa shape index (κ1) is 14.8. The Morgan fingerprint density at radius 2 is 2.00 bits per heavy atom. The Kier molecular flexibility index (Phi) is 7.04. The molecule has 1 aromatic heterocycles. The Balaban J connectivity index is 0.000000336. The average molecular weight is 254 g/mol. The van der Waals surface area contributed by atoms with E-state index >= 15 is 0 Å². The molecule has 0 fully saturated rings. The highest BCUT2D eigenvalue weighted by molar-refractivity contribution is 7.15. The van der Waals surface area contributed by atoms with Gasteiger partial charge in [-0.05, 0) is 26.7 Å². The third-order valence-corrected chi connectivity index (χ3v) is 2.28. The molecule has 0 aliphatic rings. The SMILES string of the molecule is CC(C)(O)O.OCCCc1cnc(Cl)s1. The first-order valence-electron chi connectivity index (χ1n) is 4.48. The number of rotatable bonds is 3. The smallest absolute Gasteiger partial charge is 0.183 e. The molecule has 0 aliphatic heterocycles. The Bertz CT molecular complexity index is 267. The van der Waals surface area contributed by atoms with Crippen molar-refractivity contribution in [3.63, 3.8) is 0 Å². The van der Waals surface area contributed by atoms with E-state index < -0.39 is 5.79 Å². The second-order valence-corrected chi connectivity index (χ2v) is 5.10. The summed E-state index contributed by atoms with van der Waals surface area (Å²) < 4.78 is 0.577. The Labute approximate surface area is 98.2 Å². The van der Waals surface area contributed by atoms with E-state index in [2.05, 4.69) is 4.98 Å². The van der Waals surface area contributed by atoms with Crippen LogP contribution < -0.4 is 0 Å². The van der Waals surface area contributed by atoms with Crippen molar-refractivity contribution in [1.29, 1.82) is 0 Å². The van der Waals surface area contributed by atoms with Crippen LogP contribution in [0.15, 0.2) is 6.20 Å². The maximum absolute atomic E-state index is 8.49. The van der Waals surface area contributed by atoms with Gasteiger partial charge in [-0.3, -0.25) is 0 Å². The van der Waals surface area contributed by atoms with Gasteiger partial charge < -0.3 is 15.3 Å². The number of aliphatic hydroxyl groups is 3. The number of thiazole rings is 1. The summed E-state index contributed by atoms with van der Waals surface area (Å²) in [5.41, 5.74) is 0. The molecule has 1 rings (SSSR count). The Morgan fingerprint density at radius 3 is 2.33 bits per heavy atom. The summed E-state index contributed by atoms with van der Waals surface area (Å²) in [5, 5.41) is 24.6. The van der Waals surface area contributed by atoms with Gasteiger partial charge in [-0.15, -0.1) is 11.3 Å². The van der Waals surface area contributed by atoms with Crippen molar-refractivity contribution in [1.82, 2.24) is 4.98 Å². The second-order valence-electron chi connectivity index (χ2n) is 3.40. The zero-order valence-corrected chi connectivity index (χ0v) is 10.3. The minimum atomic E-state index is -1.50. The van der Waals surface area contributed by atoms with Crippen LogP contribution >= 0.6 is 22.9 Å². The highest BCUT2D eigenvalue weighted by Crippen LogP contribution is 2.18. The number of aryl methyl sites for hydroxylation is 1. The van der Waals surface area contributed by atoms with E-state index in [9.17, 15) is 0 Å². The summed E-state index contributed by atoms with van der Waals surface area (Å²) in [7, 11) is 0. The molecule has 4 nitrogen and oxygen atoms in total. The Hall–Kier alpha value is -0.200. The summed E-state index contributed by atoms with van der Waals surface area (Å²) in [5.74, 6) is -1.50. The molecule has 0 unspecified atom stereocenters. The molecule has 0 aromatic carbocycles. The second kappa shape index (κ2) is 7.14. The van der Waals surface area contributed by atoms with Gasteiger partial charge in [-0.25, -0.2) is 4.98 Å². The van der Waals surface area contributed by atoms with Crippen molar-refractivity contribution < 1.29 is 15.3 Å². The average Bonchev–Trinajstić information content (AvgIpc) is 2.45. The topological polar surface area (TPSA) is 73.6 Å². The molecule has 0 spiro atoms. The van der Waals surface area contributed by atoms with Crippen LogP contribution in [0, 0.1) is 0 Å². The molecule has 0 amide bonds. The van der Waals surface area contributed by atoms with Gasteiger partial charge in [-0.1, -0.05) is 11.6 Å². The van der Waals surface area contributed by atoms with Crippen LogP contribution in [0.5, 0.6) is 0 Å². The predicted molar refractivity (Wildman–Crippen MR) is 61.0 cm³/mol. The molecule has 15 heavy (non-hydrogen) atoms. The number of nitrogens with zero attached hydrogens (tertiary/aromatic N) is 1. The van der Waals surface area contributed by atoms with Crippen LogP contribution in [-0.2, 0) is 6.42 Å². The largest absolute Gasteiger partial charge is 0.396 e. The van der Waals surface area contributed by atoms with Gasteiger partial charge in [0.2, 0.25) is 0 Å². The lowest BCUT2D eigenvalue weighted by Gasteiger charge is -2.03. The first-order valence-corrected chi connectivity index (χ1v) is 5.68. The molecule has 1 heterocycles. The summed E-state index contributed by atoms with van der Waals surface area (Å²) in [6.45, 7) is 2.83. The van der Waals surface area contributed by atoms with Crippen molar-refractivity contribution in [3.8, 4) is 0 Å². The summed E-state index contributed by atoms with van der Waals surface area (Å²) >= 11 is 7.06. The molecule has 0 atom stereocenters. The minimum absolute atomic E-state index is 0.232. The monoisotopic (exact) mass is 253 g/mol. The van der Waals surface area contributed by atoms with Crippen LogP contribution in [0.2, 0.25) is 4.47 Å². The van der Waals surface area contributed by atoms with Crippen molar-refractivity contribution in [3.05, 3.63) is 15.5 Å². The summed E-state index contributed by atoms with van der Waals surface area (Å²) in [6, 6.07) is 0. The molecule has 0 radical (unpaired) electrons. The van der Waals surface area contributed by atoms with E-state index in [1.54, 1.807) is 6.20 Å². The molecule has 0 bridgehead atoms. The zero-order valence-electron chi connectivity index (χ0n) is 8.77. The molecule has 0 saturated carbocycles. The highest BCUT2D eigenvalue weighted by atomic mass is 35.5. The van der Waals surface area contributed by atoms with Crippen molar-refractivity contribution in [2.45, 2.75) is 32.5 Å². The van der Waals surface area contributed by atoms with E-state index in [-0.39, 0.29) is 6.61 Å². The fraction of sp³-hybridized carbons (Fsp3) is 0.667. The lowest BCUT2D eigenvalue weighted by Crippen LogP contribution is -2.15. The fourth-order valence-corrected chi connectivity index (χ4v) is 1.67. The molecule has 0 saturated heterocycles. The zero-order chi connectivity index (χ0) is 11.9. The van der Waals surface area contributed by atoms with Crippen LogP contribution in [0.25, 0.3) is 0 Å². The maximum atomic E-state index is 8.49. The van der Waals surface area contributed by atoms with Crippen LogP contribution in [-0.4, -0.2) is 32.7 Å². The fourth-order valence-electron chi connectivity index (χ4n) is 0.652. The van der Waals surface area contributed by atoms with Gasteiger partial charge in [0.25, 0.3) is 0 Å². The summed E-state index contributed by atoms with van der Waals surface area (Å²) in [4.78, 5) is 5.01. The van der Waals surface area contributed by atoms with Crippen LogP contribution in [0.3, 0.4) is 0 Å². The number of hydrogen-bond donors (Lipinski definition) is 3. The van der Waals surface area contributed by atoms with Crippen LogP contribution in [0.1, 0.15) is 25.1 Å². The van der Waals surface area contributed by atoms with Crippen molar-refractivity contribution >= 4 is 22.9 Å². The molecule has 6 heteroatoms.